The molecule has 3 aliphatic heterocycles. The van der Waals surface area contributed by atoms with Crippen molar-refractivity contribution in [3.05, 3.63) is 18.2 Å². The number of hydrogen-bond acceptors (Lipinski definition) is 5. The molecule has 3 amide bonds. The zero-order valence-corrected chi connectivity index (χ0v) is 17.7. The highest BCUT2D eigenvalue weighted by atomic mass is 16.5. The van der Waals surface area contributed by atoms with E-state index in [2.05, 4.69) is 15.5 Å². The molecule has 8 heteroatoms. The topological polar surface area (TPSA) is 83.1 Å². The van der Waals surface area contributed by atoms with Crippen molar-refractivity contribution in [2.24, 2.45) is 5.92 Å². The normalized spacial score (nSPS) is 23.0. The second kappa shape index (κ2) is 9.66. The molecule has 0 spiro atoms. The lowest BCUT2D eigenvalue weighted by molar-refractivity contribution is -0.117. The van der Waals surface area contributed by atoms with Crippen LogP contribution in [0.2, 0.25) is 0 Å². The fourth-order valence-electron chi connectivity index (χ4n) is 4.78. The van der Waals surface area contributed by atoms with Gasteiger partial charge in [0.05, 0.1) is 19.4 Å². The Morgan fingerprint density at radius 1 is 1.27 bits per heavy atom. The summed E-state index contributed by atoms with van der Waals surface area (Å²) in [6.45, 7) is 5.05. The summed E-state index contributed by atoms with van der Waals surface area (Å²) in [6.07, 6.45) is 4.88. The molecule has 3 heterocycles. The van der Waals surface area contributed by atoms with Crippen LogP contribution in [0.4, 0.5) is 16.2 Å². The number of methoxy groups -OCH3 is 1. The maximum atomic E-state index is 12.6. The van der Waals surface area contributed by atoms with Crippen molar-refractivity contribution in [3.8, 4) is 5.75 Å². The molecule has 164 valence electrons. The van der Waals surface area contributed by atoms with E-state index in [1.165, 1.54) is 12.8 Å². The minimum atomic E-state index is -0.234. The molecule has 30 heavy (non-hydrogen) atoms. The van der Waals surface area contributed by atoms with Crippen molar-refractivity contribution < 1.29 is 19.1 Å². The third-order valence-corrected chi connectivity index (χ3v) is 6.39. The minimum Gasteiger partial charge on any atom is -0.495 e. The fourth-order valence-corrected chi connectivity index (χ4v) is 4.78. The van der Waals surface area contributed by atoms with Crippen LogP contribution in [0.3, 0.4) is 0 Å². The predicted molar refractivity (Wildman–Crippen MR) is 115 cm³/mol. The van der Waals surface area contributed by atoms with Crippen LogP contribution in [0.25, 0.3) is 0 Å². The van der Waals surface area contributed by atoms with Crippen molar-refractivity contribution in [3.63, 3.8) is 0 Å². The van der Waals surface area contributed by atoms with Gasteiger partial charge in [0.1, 0.15) is 5.75 Å². The van der Waals surface area contributed by atoms with Crippen LogP contribution in [0, 0.1) is 5.92 Å². The van der Waals surface area contributed by atoms with Crippen molar-refractivity contribution in [1.29, 1.82) is 0 Å². The highest BCUT2D eigenvalue weighted by Gasteiger charge is 2.32. The second-order valence-electron chi connectivity index (χ2n) is 8.30. The molecule has 1 aromatic carbocycles. The number of anilines is 2. The molecule has 0 saturated carbocycles. The first-order valence-electron chi connectivity index (χ1n) is 11.0. The summed E-state index contributed by atoms with van der Waals surface area (Å²) in [5.74, 6) is 1.19. The second-order valence-corrected chi connectivity index (χ2v) is 8.30. The highest BCUT2D eigenvalue weighted by Crippen LogP contribution is 2.34. The highest BCUT2D eigenvalue weighted by molar-refractivity contribution is 5.98. The molecule has 2 atom stereocenters. The molecule has 0 radical (unpaired) electrons. The first-order valence-corrected chi connectivity index (χ1v) is 11.0. The predicted octanol–water partition coefficient (Wildman–Crippen LogP) is 2.44. The van der Waals surface area contributed by atoms with Gasteiger partial charge in [-0.3, -0.25) is 9.69 Å². The number of ether oxygens (including phenoxy) is 2. The Balaban J connectivity index is 1.38. The summed E-state index contributed by atoms with van der Waals surface area (Å²) in [7, 11) is 1.59. The van der Waals surface area contributed by atoms with Crippen LogP contribution in [0.5, 0.6) is 5.75 Å². The van der Waals surface area contributed by atoms with Gasteiger partial charge in [0, 0.05) is 43.8 Å². The zero-order chi connectivity index (χ0) is 20.9. The Morgan fingerprint density at radius 2 is 2.10 bits per heavy atom. The number of likely N-dealkylation sites (tertiary alicyclic amines) is 1. The van der Waals surface area contributed by atoms with Crippen LogP contribution < -0.4 is 20.3 Å². The van der Waals surface area contributed by atoms with E-state index in [9.17, 15) is 9.59 Å². The summed E-state index contributed by atoms with van der Waals surface area (Å²) in [6, 6.07) is 5.48. The Labute approximate surface area is 177 Å². The summed E-state index contributed by atoms with van der Waals surface area (Å²) >= 11 is 0. The Morgan fingerprint density at radius 3 is 2.77 bits per heavy atom. The molecule has 3 saturated heterocycles. The first-order chi connectivity index (χ1) is 14.7. The van der Waals surface area contributed by atoms with Gasteiger partial charge in [0.15, 0.2) is 0 Å². The summed E-state index contributed by atoms with van der Waals surface area (Å²) < 4.78 is 11.0. The van der Waals surface area contributed by atoms with Gasteiger partial charge in [-0.2, -0.15) is 0 Å². The Bertz CT molecular complexity index is 744. The average molecular weight is 417 g/mol. The number of carbonyl (C=O) groups excluding carboxylic acids is 2. The van der Waals surface area contributed by atoms with Gasteiger partial charge < -0.3 is 25.0 Å². The van der Waals surface area contributed by atoms with Crippen LogP contribution in [-0.2, 0) is 9.53 Å². The number of urea groups is 1. The average Bonchev–Trinajstić information content (AvgIpc) is 3.52. The molecule has 3 fully saturated rings. The Hall–Kier alpha value is -2.32. The quantitative estimate of drug-likeness (QED) is 0.713. The lowest BCUT2D eigenvalue weighted by Gasteiger charge is -2.32. The van der Waals surface area contributed by atoms with E-state index in [0.29, 0.717) is 48.6 Å². The third kappa shape index (κ3) is 4.70. The first kappa shape index (κ1) is 20.9. The molecule has 1 aromatic rings. The van der Waals surface area contributed by atoms with E-state index in [1.54, 1.807) is 24.1 Å². The molecule has 2 unspecified atom stereocenters. The van der Waals surface area contributed by atoms with Gasteiger partial charge in [-0.25, -0.2) is 4.79 Å². The van der Waals surface area contributed by atoms with Gasteiger partial charge in [0.25, 0.3) is 0 Å². The van der Waals surface area contributed by atoms with Crippen molar-refractivity contribution >= 4 is 23.3 Å². The molecule has 0 aromatic heterocycles. The van der Waals surface area contributed by atoms with Gasteiger partial charge in [-0.15, -0.1) is 0 Å². The molecule has 4 rings (SSSR count). The molecular formula is C22H32N4O4. The van der Waals surface area contributed by atoms with E-state index >= 15 is 0 Å². The van der Waals surface area contributed by atoms with E-state index in [1.807, 2.05) is 6.07 Å². The SMILES string of the molecule is COc1ccc(NC(=O)NCC(C2CCOC2)N2CCCC2)cc1N1CCCC1=O. The van der Waals surface area contributed by atoms with Crippen molar-refractivity contribution in [2.75, 3.05) is 56.7 Å². The number of nitrogens with one attached hydrogen (secondary N) is 2. The maximum Gasteiger partial charge on any atom is 0.319 e. The lowest BCUT2D eigenvalue weighted by atomic mass is 9.97. The number of hydrogen-bond donors (Lipinski definition) is 2. The fraction of sp³-hybridized carbons (Fsp3) is 0.636. The summed E-state index contributed by atoms with van der Waals surface area (Å²) in [4.78, 5) is 29.0. The van der Waals surface area contributed by atoms with Crippen molar-refractivity contribution in [2.45, 2.75) is 38.1 Å². The van der Waals surface area contributed by atoms with E-state index in [4.69, 9.17) is 9.47 Å². The standard InChI is InChI=1S/C22H32N4O4/c1-29-20-7-6-17(13-18(20)26-11-4-5-21(26)27)24-22(28)23-14-19(16-8-12-30-15-16)25-9-2-3-10-25/h6-7,13,16,19H,2-5,8-12,14-15H2,1H3,(H2,23,24,28). The number of nitrogens with zero attached hydrogens (tertiary/aromatic N) is 2. The van der Waals surface area contributed by atoms with Crippen LogP contribution in [0.15, 0.2) is 18.2 Å². The number of amides is 3. The van der Waals surface area contributed by atoms with Gasteiger partial charge >= 0.3 is 6.03 Å². The molecule has 3 aliphatic rings. The van der Waals surface area contributed by atoms with E-state index < -0.39 is 0 Å². The molecule has 8 nitrogen and oxygen atoms in total. The zero-order valence-electron chi connectivity index (χ0n) is 17.7. The van der Waals surface area contributed by atoms with E-state index in [-0.39, 0.29) is 11.9 Å². The number of carbonyl (C=O) groups is 2. The number of rotatable bonds is 7. The van der Waals surface area contributed by atoms with Crippen LogP contribution in [-0.4, -0.2) is 69.4 Å². The summed E-state index contributed by atoms with van der Waals surface area (Å²) in [5.41, 5.74) is 1.35. The molecule has 0 bridgehead atoms. The molecule has 2 N–H and O–H groups in total. The maximum absolute atomic E-state index is 12.6. The van der Waals surface area contributed by atoms with E-state index in [0.717, 1.165) is 39.1 Å². The third-order valence-electron chi connectivity index (χ3n) is 6.39. The Kier molecular flexibility index (Phi) is 6.74. The van der Waals surface area contributed by atoms with Gasteiger partial charge in [0.2, 0.25) is 5.91 Å². The molecular weight excluding hydrogens is 384 g/mol. The smallest absolute Gasteiger partial charge is 0.319 e. The van der Waals surface area contributed by atoms with Gasteiger partial charge in [-0.05, 0) is 57.0 Å². The van der Waals surface area contributed by atoms with Gasteiger partial charge in [-0.1, -0.05) is 0 Å². The van der Waals surface area contributed by atoms with Crippen LogP contribution in [0.1, 0.15) is 32.1 Å². The van der Waals surface area contributed by atoms with Crippen LogP contribution >= 0.6 is 0 Å². The lowest BCUT2D eigenvalue weighted by Crippen LogP contribution is -2.48. The minimum absolute atomic E-state index is 0.0853. The largest absolute Gasteiger partial charge is 0.495 e. The molecule has 0 aliphatic carbocycles. The monoisotopic (exact) mass is 416 g/mol. The van der Waals surface area contributed by atoms with Crippen molar-refractivity contribution in [1.82, 2.24) is 10.2 Å². The summed E-state index contributed by atoms with van der Waals surface area (Å²) in [5, 5.41) is 5.97. The number of benzene rings is 1.